The van der Waals surface area contributed by atoms with Crippen LogP contribution in [0.25, 0.3) is 0 Å². The molecule has 1 unspecified atom stereocenters. The number of esters is 1. The van der Waals surface area contributed by atoms with Crippen molar-refractivity contribution >= 4 is 5.97 Å². The van der Waals surface area contributed by atoms with Crippen LogP contribution in [0.3, 0.4) is 0 Å². The van der Waals surface area contributed by atoms with Gasteiger partial charge >= 0.3 is 5.97 Å². The zero-order valence-corrected chi connectivity index (χ0v) is 12.2. The number of aryl methyl sites for hydroxylation is 1. The van der Waals surface area contributed by atoms with E-state index in [4.69, 9.17) is 5.73 Å². The summed E-state index contributed by atoms with van der Waals surface area (Å²) in [6.45, 7) is 3.34. The van der Waals surface area contributed by atoms with Crippen molar-refractivity contribution in [2.45, 2.75) is 31.8 Å². The van der Waals surface area contributed by atoms with Crippen molar-refractivity contribution < 1.29 is 9.53 Å². The first-order chi connectivity index (χ1) is 8.86. The highest BCUT2D eigenvalue weighted by molar-refractivity contribution is 5.79. The van der Waals surface area contributed by atoms with Crippen molar-refractivity contribution in [1.29, 1.82) is 0 Å². The van der Waals surface area contributed by atoms with Crippen LogP contribution in [0.2, 0.25) is 0 Å². The lowest BCUT2D eigenvalue weighted by Gasteiger charge is -2.23. The molecule has 0 bridgehead atoms. The van der Waals surface area contributed by atoms with E-state index in [1.165, 1.54) is 7.11 Å². The number of nitrogens with zero attached hydrogens (tertiary/aromatic N) is 3. The van der Waals surface area contributed by atoms with E-state index >= 15 is 0 Å². The van der Waals surface area contributed by atoms with Gasteiger partial charge in [0.05, 0.1) is 13.7 Å². The second-order valence-corrected chi connectivity index (χ2v) is 5.20. The average molecular weight is 268 g/mol. The Labute approximate surface area is 114 Å². The summed E-state index contributed by atoms with van der Waals surface area (Å²) in [6.07, 6.45) is 5.16. The average Bonchev–Trinajstić information content (AvgIpc) is 2.73. The topological polar surface area (TPSA) is 73.4 Å². The maximum atomic E-state index is 11.4. The third-order valence-corrected chi connectivity index (χ3v) is 3.22. The molecule has 1 aromatic heterocycles. The SMILES string of the molecule is COC(=O)C(C)(N)CCCN(C)Cc1nccn1C. The zero-order valence-electron chi connectivity index (χ0n) is 12.2. The number of nitrogens with two attached hydrogens (primary N) is 1. The van der Waals surface area contributed by atoms with Gasteiger partial charge < -0.3 is 15.0 Å². The maximum absolute atomic E-state index is 11.4. The first-order valence-corrected chi connectivity index (χ1v) is 6.39. The molecule has 6 nitrogen and oxygen atoms in total. The summed E-state index contributed by atoms with van der Waals surface area (Å²) in [5, 5.41) is 0. The van der Waals surface area contributed by atoms with Crippen molar-refractivity contribution in [3.63, 3.8) is 0 Å². The number of methoxy groups -OCH3 is 1. The lowest BCUT2D eigenvalue weighted by molar-refractivity contribution is -0.146. The van der Waals surface area contributed by atoms with Gasteiger partial charge in [-0.2, -0.15) is 0 Å². The van der Waals surface area contributed by atoms with E-state index < -0.39 is 5.54 Å². The van der Waals surface area contributed by atoms with Gasteiger partial charge in [-0.1, -0.05) is 0 Å². The van der Waals surface area contributed by atoms with E-state index in [2.05, 4.69) is 14.6 Å². The smallest absolute Gasteiger partial charge is 0.325 e. The summed E-state index contributed by atoms with van der Waals surface area (Å²) in [4.78, 5) is 17.9. The Bertz CT molecular complexity index is 415. The molecule has 0 saturated heterocycles. The molecular formula is C13H24N4O2. The molecule has 1 aromatic rings. The minimum atomic E-state index is -0.904. The molecule has 2 N–H and O–H groups in total. The molecule has 0 aromatic carbocycles. The number of imidazole rings is 1. The van der Waals surface area contributed by atoms with Crippen LogP contribution in [-0.4, -0.2) is 46.7 Å². The van der Waals surface area contributed by atoms with E-state index in [9.17, 15) is 4.79 Å². The highest BCUT2D eigenvalue weighted by Gasteiger charge is 2.28. The van der Waals surface area contributed by atoms with E-state index in [1.54, 1.807) is 13.1 Å². The van der Waals surface area contributed by atoms with Crippen LogP contribution < -0.4 is 5.73 Å². The fourth-order valence-electron chi connectivity index (χ4n) is 1.92. The molecule has 0 aliphatic heterocycles. The molecule has 0 aliphatic rings. The van der Waals surface area contributed by atoms with Crippen molar-refractivity contribution in [1.82, 2.24) is 14.5 Å². The number of aromatic nitrogens is 2. The van der Waals surface area contributed by atoms with Crippen LogP contribution in [0, 0.1) is 0 Å². The fraction of sp³-hybridized carbons (Fsp3) is 0.692. The normalized spacial score (nSPS) is 14.4. The van der Waals surface area contributed by atoms with Gasteiger partial charge in [-0.3, -0.25) is 9.69 Å². The number of hydrogen-bond donors (Lipinski definition) is 1. The molecule has 19 heavy (non-hydrogen) atoms. The second kappa shape index (κ2) is 6.68. The van der Waals surface area contributed by atoms with Crippen molar-refractivity contribution in [2.75, 3.05) is 20.7 Å². The van der Waals surface area contributed by atoms with Crippen molar-refractivity contribution in [3.05, 3.63) is 18.2 Å². The maximum Gasteiger partial charge on any atom is 0.325 e. The largest absolute Gasteiger partial charge is 0.468 e. The van der Waals surface area contributed by atoms with Crippen LogP contribution in [-0.2, 0) is 23.1 Å². The summed E-state index contributed by atoms with van der Waals surface area (Å²) >= 11 is 0. The quantitative estimate of drug-likeness (QED) is 0.730. The van der Waals surface area contributed by atoms with Gasteiger partial charge in [0.15, 0.2) is 0 Å². The molecule has 0 spiro atoms. The molecule has 0 radical (unpaired) electrons. The molecule has 6 heteroatoms. The Kier molecular flexibility index (Phi) is 5.50. The lowest BCUT2D eigenvalue weighted by atomic mass is 9.97. The first-order valence-electron chi connectivity index (χ1n) is 6.39. The van der Waals surface area contributed by atoms with Gasteiger partial charge in [0, 0.05) is 19.4 Å². The minimum Gasteiger partial charge on any atom is -0.468 e. The molecule has 0 saturated carbocycles. The van der Waals surface area contributed by atoms with Crippen molar-refractivity contribution in [3.8, 4) is 0 Å². The zero-order chi connectivity index (χ0) is 14.5. The Morgan fingerprint density at radius 3 is 2.84 bits per heavy atom. The molecule has 1 atom stereocenters. The van der Waals surface area contributed by atoms with Gasteiger partial charge in [0.1, 0.15) is 11.4 Å². The van der Waals surface area contributed by atoms with Crippen molar-refractivity contribution in [2.24, 2.45) is 12.8 Å². The number of ether oxygens (including phenoxy) is 1. The number of carbonyl (C=O) groups is 1. The van der Waals surface area contributed by atoms with Gasteiger partial charge in [-0.25, -0.2) is 4.98 Å². The number of rotatable bonds is 7. The summed E-state index contributed by atoms with van der Waals surface area (Å²) in [5.74, 6) is 0.658. The van der Waals surface area contributed by atoms with Gasteiger partial charge in [-0.15, -0.1) is 0 Å². The Morgan fingerprint density at radius 2 is 2.32 bits per heavy atom. The third kappa shape index (κ3) is 4.65. The highest BCUT2D eigenvalue weighted by atomic mass is 16.5. The standard InChI is InChI=1S/C13H24N4O2/c1-13(14,12(18)19-4)6-5-8-16(2)10-11-15-7-9-17(11)3/h7,9H,5-6,8,10,14H2,1-4H3. The molecule has 1 rings (SSSR count). The summed E-state index contributed by atoms with van der Waals surface area (Å²) in [5.41, 5.74) is 5.00. The molecule has 1 heterocycles. The van der Waals surface area contributed by atoms with Crippen LogP contribution in [0.1, 0.15) is 25.6 Å². The molecule has 108 valence electrons. The molecule has 0 aliphatic carbocycles. The summed E-state index contributed by atoms with van der Waals surface area (Å²) in [7, 11) is 5.37. The van der Waals surface area contributed by atoms with Gasteiger partial charge in [0.25, 0.3) is 0 Å². The van der Waals surface area contributed by atoms with E-state index in [0.717, 1.165) is 25.3 Å². The lowest BCUT2D eigenvalue weighted by Crippen LogP contribution is -2.46. The minimum absolute atomic E-state index is 0.362. The molecular weight excluding hydrogens is 244 g/mol. The Morgan fingerprint density at radius 1 is 1.63 bits per heavy atom. The Balaban J connectivity index is 2.33. The van der Waals surface area contributed by atoms with Crippen LogP contribution >= 0.6 is 0 Å². The fourth-order valence-corrected chi connectivity index (χ4v) is 1.92. The van der Waals surface area contributed by atoms with E-state index in [-0.39, 0.29) is 5.97 Å². The molecule has 0 amide bonds. The third-order valence-electron chi connectivity index (χ3n) is 3.22. The molecule has 0 fully saturated rings. The summed E-state index contributed by atoms with van der Waals surface area (Å²) in [6, 6.07) is 0. The van der Waals surface area contributed by atoms with Crippen LogP contribution in [0.15, 0.2) is 12.4 Å². The van der Waals surface area contributed by atoms with E-state index in [0.29, 0.717) is 6.42 Å². The Hall–Kier alpha value is -1.40. The number of carbonyl (C=O) groups excluding carboxylic acids is 1. The monoisotopic (exact) mass is 268 g/mol. The van der Waals surface area contributed by atoms with Crippen LogP contribution in [0.4, 0.5) is 0 Å². The predicted octanol–water partition coefficient (Wildman–Crippen LogP) is 0.523. The van der Waals surface area contributed by atoms with Gasteiger partial charge in [0.2, 0.25) is 0 Å². The van der Waals surface area contributed by atoms with Crippen LogP contribution in [0.5, 0.6) is 0 Å². The first kappa shape index (κ1) is 15.7. The second-order valence-electron chi connectivity index (χ2n) is 5.20. The predicted molar refractivity (Wildman–Crippen MR) is 73.4 cm³/mol. The van der Waals surface area contributed by atoms with E-state index in [1.807, 2.05) is 24.9 Å². The summed E-state index contributed by atoms with van der Waals surface area (Å²) < 4.78 is 6.68. The number of hydrogen-bond acceptors (Lipinski definition) is 5. The highest BCUT2D eigenvalue weighted by Crippen LogP contribution is 2.11. The van der Waals surface area contributed by atoms with Gasteiger partial charge in [-0.05, 0) is 33.4 Å².